The van der Waals surface area contributed by atoms with E-state index < -0.39 is 0 Å². The molecule has 15 heavy (non-hydrogen) atoms. The number of imidazole rings is 1. The molecule has 0 aromatic carbocycles. The van der Waals surface area contributed by atoms with Crippen LogP contribution in [0.15, 0.2) is 17.7 Å². The maximum Gasteiger partial charge on any atom is 0.164 e. The minimum atomic E-state index is 0.642. The Morgan fingerprint density at radius 2 is 2.13 bits per heavy atom. The summed E-state index contributed by atoms with van der Waals surface area (Å²) in [5, 5.41) is 0.642. The summed E-state index contributed by atoms with van der Waals surface area (Å²) in [7, 11) is 0. The molecule has 0 amide bonds. The van der Waals surface area contributed by atoms with Gasteiger partial charge in [0.05, 0.1) is 6.33 Å². The van der Waals surface area contributed by atoms with Crippen molar-refractivity contribution >= 4 is 12.6 Å². The Labute approximate surface area is 94.5 Å². The molecule has 5 heteroatoms. The molecule has 0 unspecified atom stereocenters. The standard InChI is InChI=1S/C10H14N4S/c1-7(2)3-4-14-6-13-10(15)8-9(14)12-5-11-8/h5-7,15H,3-4H2,1-2H3. The molecule has 0 atom stereocenters. The highest BCUT2D eigenvalue weighted by Crippen LogP contribution is 2.22. The smallest absolute Gasteiger partial charge is 0.164 e. The van der Waals surface area contributed by atoms with E-state index in [1.54, 1.807) is 12.7 Å². The van der Waals surface area contributed by atoms with Crippen LogP contribution in [-0.4, -0.2) is 19.5 Å². The van der Waals surface area contributed by atoms with Crippen LogP contribution in [0, 0.1) is 5.92 Å². The zero-order valence-electron chi connectivity index (χ0n) is 8.88. The van der Waals surface area contributed by atoms with Crippen molar-refractivity contribution in [3.63, 3.8) is 0 Å². The Balaban J connectivity index is 2.29. The van der Waals surface area contributed by atoms with Crippen LogP contribution in [0.5, 0.6) is 0 Å². The first-order chi connectivity index (χ1) is 7.18. The molecule has 0 aliphatic carbocycles. The number of nitrogens with zero attached hydrogens (tertiary/aromatic N) is 4. The lowest BCUT2D eigenvalue weighted by Crippen LogP contribution is -2.08. The van der Waals surface area contributed by atoms with Crippen LogP contribution in [0.3, 0.4) is 0 Å². The van der Waals surface area contributed by atoms with E-state index in [2.05, 4.69) is 41.4 Å². The average Bonchev–Trinajstić information content (AvgIpc) is 2.66. The van der Waals surface area contributed by atoms with Gasteiger partial charge in [0.15, 0.2) is 5.82 Å². The van der Waals surface area contributed by atoms with Crippen molar-refractivity contribution in [1.29, 1.82) is 0 Å². The van der Waals surface area contributed by atoms with Crippen LogP contribution in [0.4, 0.5) is 0 Å². The number of hydrogen-bond acceptors (Lipinski definition) is 4. The molecule has 0 bridgehead atoms. The van der Waals surface area contributed by atoms with Gasteiger partial charge >= 0.3 is 0 Å². The number of aryl methyl sites for hydroxylation is 1. The van der Waals surface area contributed by atoms with Crippen LogP contribution in [0.1, 0.15) is 20.3 Å². The largest absolute Gasteiger partial charge is 0.315 e. The van der Waals surface area contributed by atoms with Gasteiger partial charge in [0.25, 0.3) is 0 Å². The summed E-state index contributed by atoms with van der Waals surface area (Å²) in [5.74, 6) is 1.54. The van der Waals surface area contributed by atoms with E-state index in [1.807, 2.05) is 4.57 Å². The molecule has 0 aromatic rings. The highest BCUT2D eigenvalue weighted by Gasteiger charge is 2.14. The summed E-state index contributed by atoms with van der Waals surface area (Å²) < 4.78 is 2.03. The molecule has 0 saturated heterocycles. The summed E-state index contributed by atoms with van der Waals surface area (Å²) in [6, 6.07) is 0. The van der Waals surface area contributed by atoms with Gasteiger partial charge in [0, 0.05) is 6.54 Å². The zero-order valence-corrected chi connectivity index (χ0v) is 9.78. The number of thiol groups is 1. The lowest BCUT2D eigenvalue weighted by molar-refractivity contribution is 0.509. The molecule has 2 aliphatic rings. The Morgan fingerprint density at radius 1 is 1.33 bits per heavy atom. The van der Waals surface area contributed by atoms with Gasteiger partial charge in [0.1, 0.15) is 17.0 Å². The summed E-state index contributed by atoms with van der Waals surface area (Å²) in [5.41, 5.74) is 0.782. The Hall–Kier alpha value is -1.10. The second-order valence-corrected chi connectivity index (χ2v) is 4.41. The minimum Gasteiger partial charge on any atom is -0.315 e. The SMILES string of the molecule is CC(C)CCn1cnc(S)c2ncnc1-2. The van der Waals surface area contributed by atoms with Crippen LogP contribution < -0.4 is 0 Å². The first-order valence-electron chi connectivity index (χ1n) is 5.03. The number of fused-ring (bicyclic) bond motifs is 1. The summed E-state index contributed by atoms with van der Waals surface area (Å²) in [4.78, 5) is 12.5. The Kier molecular flexibility index (Phi) is 2.90. The van der Waals surface area contributed by atoms with Gasteiger partial charge in [-0.2, -0.15) is 0 Å². The first-order valence-corrected chi connectivity index (χ1v) is 5.48. The normalized spacial score (nSPS) is 11.5. The number of rotatable bonds is 3. The topological polar surface area (TPSA) is 43.6 Å². The van der Waals surface area contributed by atoms with E-state index in [-0.39, 0.29) is 0 Å². The molecule has 0 N–H and O–H groups in total. The van der Waals surface area contributed by atoms with E-state index in [1.165, 1.54) is 0 Å². The van der Waals surface area contributed by atoms with Gasteiger partial charge in [-0.25, -0.2) is 15.0 Å². The molecule has 0 spiro atoms. The lowest BCUT2D eigenvalue weighted by Gasteiger charge is -2.12. The molecule has 2 rings (SSSR count). The molecule has 0 fully saturated rings. The molecule has 0 saturated carbocycles. The lowest BCUT2D eigenvalue weighted by atomic mass is 10.1. The highest BCUT2D eigenvalue weighted by atomic mass is 32.1. The quantitative estimate of drug-likeness (QED) is 0.639. The monoisotopic (exact) mass is 222 g/mol. The predicted octanol–water partition coefficient (Wildman–Crippen LogP) is 2.11. The molecule has 0 aromatic heterocycles. The third kappa shape index (κ3) is 2.12. The van der Waals surface area contributed by atoms with Crippen LogP contribution in [0.25, 0.3) is 11.5 Å². The van der Waals surface area contributed by atoms with Crippen molar-refractivity contribution in [2.75, 3.05) is 0 Å². The maximum absolute atomic E-state index is 4.25. The predicted molar refractivity (Wildman–Crippen MR) is 61.1 cm³/mol. The van der Waals surface area contributed by atoms with E-state index >= 15 is 0 Å². The highest BCUT2D eigenvalue weighted by molar-refractivity contribution is 7.80. The third-order valence-corrected chi connectivity index (χ3v) is 2.66. The molecular weight excluding hydrogens is 208 g/mol. The molecule has 2 aliphatic heterocycles. The minimum absolute atomic E-state index is 0.642. The van der Waals surface area contributed by atoms with E-state index in [9.17, 15) is 0 Å². The molecular formula is C10H14N4S. The van der Waals surface area contributed by atoms with Gasteiger partial charge in [0.2, 0.25) is 0 Å². The van der Waals surface area contributed by atoms with E-state index in [0.717, 1.165) is 24.5 Å². The van der Waals surface area contributed by atoms with Crippen molar-refractivity contribution in [3.05, 3.63) is 12.7 Å². The van der Waals surface area contributed by atoms with Crippen molar-refractivity contribution in [3.8, 4) is 11.5 Å². The number of hydrogen-bond donors (Lipinski definition) is 1. The summed E-state index contributed by atoms with van der Waals surface area (Å²) >= 11 is 4.25. The van der Waals surface area contributed by atoms with Gasteiger partial charge in [-0.05, 0) is 12.3 Å². The number of aromatic nitrogens is 4. The third-order valence-electron chi connectivity index (χ3n) is 2.33. The van der Waals surface area contributed by atoms with Crippen LogP contribution >= 0.6 is 12.6 Å². The van der Waals surface area contributed by atoms with Crippen molar-refractivity contribution in [1.82, 2.24) is 19.5 Å². The van der Waals surface area contributed by atoms with Crippen LogP contribution in [-0.2, 0) is 6.54 Å². The van der Waals surface area contributed by atoms with E-state index in [4.69, 9.17) is 0 Å². The average molecular weight is 222 g/mol. The van der Waals surface area contributed by atoms with Gasteiger partial charge < -0.3 is 4.57 Å². The zero-order chi connectivity index (χ0) is 10.8. The van der Waals surface area contributed by atoms with Crippen LogP contribution in [0.2, 0.25) is 0 Å². The molecule has 2 heterocycles. The van der Waals surface area contributed by atoms with E-state index in [0.29, 0.717) is 10.9 Å². The van der Waals surface area contributed by atoms with Crippen molar-refractivity contribution < 1.29 is 0 Å². The Morgan fingerprint density at radius 3 is 2.87 bits per heavy atom. The maximum atomic E-state index is 4.25. The first kappa shape index (κ1) is 10.4. The Bertz CT molecular complexity index is 424. The molecule has 0 radical (unpaired) electrons. The molecule has 4 nitrogen and oxygen atoms in total. The fourth-order valence-corrected chi connectivity index (χ4v) is 1.64. The summed E-state index contributed by atoms with van der Waals surface area (Å²) in [6.45, 7) is 5.33. The van der Waals surface area contributed by atoms with Gasteiger partial charge in [-0.15, -0.1) is 12.6 Å². The van der Waals surface area contributed by atoms with Crippen molar-refractivity contribution in [2.45, 2.75) is 31.8 Å². The van der Waals surface area contributed by atoms with Gasteiger partial charge in [-0.1, -0.05) is 13.8 Å². The summed E-state index contributed by atoms with van der Waals surface area (Å²) in [6.07, 6.45) is 4.44. The van der Waals surface area contributed by atoms with Crippen molar-refractivity contribution in [2.24, 2.45) is 5.92 Å². The van der Waals surface area contributed by atoms with Gasteiger partial charge in [-0.3, -0.25) is 0 Å². The fourth-order valence-electron chi connectivity index (χ4n) is 1.43. The second-order valence-electron chi connectivity index (χ2n) is 3.99. The molecule has 80 valence electrons. The second kappa shape index (κ2) is 4.18. The fraction of sp³-hybridized carbons (Fsp3) is 0.500.